The van der Waals surface area contributed by atoms with Crippen LogP contribution in [0.25, 0.3) is 28.4 Å². The smallest absolute Gasteiger partial charge is 0.240 e. The summed E-state index contributed by atoms with van der Waals surface area (Å²) in [6, 6.07) is 14.2. The molecular weight excluding hydrogens is 469 g/mol. The zero-order valence-corrected chi connectivity index (χ0v) is 19.9. The lowest BCUT2D eigenvalue weighted by molar-refractivity contribution is -0.119. The lowest BCUT2D eigenvalue weighted by atomic mass is 9.78. The monoisotopic (exact) mass is 491 g/mol. The van der Waals surface area contributed by atoms with Gasteiger partial charge < -0.3 is 15.5 Å². The van der Waals surface area contributed by atoms with Crippen molar-refractivity contribution in [1.29, 1.82) is 0 Å². The van der Waals surface area contributed by atoms with Gasteiger partial charge >= 0.3 is 0 Å². The Hall–Kier alpha value is -4.66. The summed E-state index contributed by atoms with van der Waals surface area (Å²) in [6.45, 7) is 1.74. The summed E-state index contributed by atoms with van der Waals surface area (Å²) >= 11 is 0. The highest BCUT2D eigenvalue weighted by atomic mass is 19.1. The zero-order chi connectivity index (χ0) is 25.3. The molecule has 1 fully saturated rings. The number of hydrogen-bond acceptors (Lipinski definition) is 6. The second-order valence-corrected chi connectivity index (χ2v) is 9.77. The number of imidazole rings is 1. The number of nitrogens with two attached hydrogens (primary N) is 1. The van der Waals surface area contributed by atoms with Crippen LogP contribution in [0.5, 0.6) is 0 Å². The van der Waals surface area contributed by atoms with Crippen molar-refractivity contribution in [3.63, 3.8) is 0 Å². The van der Waals surface area contributed by atoms with Crippen molar-refractivity contribution in [1.82, 2.24) is 24.3 Å². The Labute approximate surface area is 211 Å². The van der Waals surface area contributed by atoms with Crippen molar-refractivity contribution in [2.75, 3.05) is 11.1 Å². The summed E-state index contributed by atoms with van der Waals surface area (Å²) in [5.74, 6) is 0.742. The van der Waals surface area contributed by atoms with E-state index >= 15 is 0 Å². The van der Waals surface area contributed by atoms with Gasteiger partial charge in [0.15, 0.2) is 11.5 Å². The van der Waals surface area contributed by atoms with Crippen LogP contribution < -0.4 is 11.1 Å². The fourth-order valence-corrected chi connectivity index (χ4v) is 5.14. The van der Waals surface area contributed by atoms with Gasteiger partial charge in [0.25, 0.3) is 0 Å². The third-order valence-electron chi connectivity index (χ3n) is 7.38. The fraction of sp³-hybridized carbons (Fsp3) is 0.179. The Morgan fingerprint density at radius 1 is 1.05 bits per heavy atom. The van der Waals surface area contributed by atoms with Gasteiger partial charge in [-0.1, -0.05) is 36.4 Å². The highest BCUT2D eigenvalue weighted by molar-refractivity contribution is 6.09. The van der Waals surface area contributed by atoms with Crippen molar-refractivity contribution < 1.29 is 9.18 Å². The summed E-state index contributed by atoms with van der Waals surface area (Å²) in [4.78, 5) is 31.7. The zero-order valence-electron chi connectivity index (χ0n) is 19.9. The van der Waals surface area contributed by atoms with Crippen LogP contribution in [0.2, 0.25) is 0 Å². The molecule has 1 unspecified atom stereocenters. The number of halogens is 1. The summed E-state index contributed by atoms with van der Waals surface area (Å²) in [6.07, 6.45) is 7.83. The molecule has 9 heteroatoms. The quantitative estimate of drug-likeness (QED) is 0.377. The minimum Gasteiger partial charge on any atom is -0.383 e. The predicted octanol–water partition coefficient (Wildman–Crippen LogP) is 4.71. The first kappa shape index (κ1) is 21.6. The van der Waals surface area contributed by atoms with Gasteiger partial charge in [-0.15, -0.1) is 0 Å². The molecule has 2 aliphatic rings. The Morgan fingerprint density at radius 3 is 2.54 bits per heavy atom. The van der Waals surface area contributed by atoms with E-state index in [1.807, 2.05) is 10.6 Å². The van der Waals surface area contributed by atoms with Gasteiger partial charge in [-0.3, -0.25) is 4.79 Å². The molecule has 5 aromatic rings. The van der Waals surface area contributed by atoms with Gasteiger partial charge in [-0.25, -0.2) is 24.3 Å². The molecule has 8 nitrogen and oxygen atoms in total. The van der Waals surface area contributed by atoms with Crippen molar-refractivity contribution in [3.05, 3.63) is 89.6 Å². The topological polar surface area (TPSA) is 111 Å². The molecule has 182 valence electrons. The van der Waals surface area contributed by atoms with Crippen LogP contribution in [0.1, 0.15) is 42.4 Å². The molecular formula is C28H22FN7O. The van der Waals surface area contributed by atoms with E-state index in [-0.39, 0.29) is 23.4 Å². The number of anilines is 2. The van der Waals surface area contributed by atoms with Crippen LogP contribution in [-0.2, 0) is 10.2 Å². The Morgan fingerprint density at radius 2 is 1.81 bits per heavy atom. The lowest BCUT2D eigenvalue weighted by Crippen LogP contribution is -2.33. The Kier molecular flexibility index (Phi) is 4.48. The van der Waals surface area contributed by atoms with E-state index in [0.29, 0.717) is 39.9 Å². The maximum absolute atomic E-state index is 13.5. The van der Waals surface area contributed by atoms with Gasteiger partial charge in [0.1, 0.15) is 34.3 Å². The van der Waals surface area contributed by atoms with Gasteiger partial charge in [-0.05, 0) is 48.9 Å². The number of benzene rings is 2. The van der Waals surface area contributed by atoms with E-state index in [2.05, 4.69) is 44.5 Å². The van der Waals surface area contributed by atoms with Crippen LogP contribution >= 0.6 is 0 Å². The van der Waals surface area contributed by atoms with Gasteiger partial charge in [-0.2, -0.15) is 0 Å². The second-order valence-electron chi connectivity index (χ2n) is 9.77. The maximum atomic E-state index is 13.5. The number of fused-ring (bicyclic) bond motifs is 2. The van der Waals surface area contributed by atoms with Crippen molar-refractivity contribution in [2.45, 2.75) is 31.1 Å². The van der Waals surface area contributed by atoms with Crippen LogP contribution in [0, 0.1) is 5.82 Å². The van der Waals surface area contributed by atoms with Crippen molar-refractivity contribution >= 4 is 23.2 Å². The third-order valence-corrected chi connectivity index (χ3v) is 7.38. The number of carbonyl (C=O) groups is 1. The maximum Gasteiger partial charge on any atom is 0.240 e. The molecule has 7 rings (SSSR count). The van der Waals surface area contributed by atoms with E-state index in [1.54, 1.807) is 31.5 Å². The molecule has 2 aromatic carbocycles. The minimum atomic E-state index is -1.15. The SMILES string of the molecule is CC1(c2ccc(F)cc2)C(=O)Nc2nc(-c3cn4ccnc4c(-c4ccc(C5CC5)cc4)n3)nc(N)c21. The predicted molar refractivity (Wildman–Crippen MR) is 137 cm³/mol. The molecule has 0 radical (unpaired) electrons. The van der Waals surface area contributed by atoms with Crippen LogP contribution in [0.15, 0.2) is 67.1 Å². The first-order chi connectivity index (χ1) is 17.9. The molecule has 0 spiro atoms. The standard InChI is InChI=1S/C28H22FN7O/c1-28(18-8-10-19(29)11-9-18)21-23(30)33-24(34-25(21)35-27(28)37)20-14-36-13-12-31-26(36)22(32-20)17-6-4-16(5-7-17)15-2-3-15/h4-15H,2-3H2,1H3,(H3,30,33,34,35,37). The number of nitrogens with one attached hydrogen (secondary N) is 1. The number of nitrogens with zero attached hydrogens (tertiary/aromatic N) is 5. The van der Waals surface area contributed by atoms with Gasteiger partial charge in [0.05, 0.1) is 5.56 Å². The van der Waals surface area contributed by atoms with Crippen LogP contribution in [-0.4, -0.2) is 30.2 Å². The number of carbonyl (C=O) groups excluding carboxylic acids is 1. The molecule has 4 heterocycles. The van der Waals surface area contributed by atoms with E-state index < -0.39 is 5.41 Å². The minimum absolute atomic E-state index is 0.160. The average molecular weight is 492 g/mol. The molecule has 1 aliphatic carbocycles. The summed E-state index contributed by atoms with van der Waals surface area (Å²) in [5, 5.41) is 2.84. The third kappa shape index (κ3) is 3.31. The molecule has 1 aliphatic heterocycles. The molecule has 3 aromatic heterocycles. The lowest BCUT2D eigenvalue weighted by Gasteiger charge is -2.23. The van der Waals surface area contributed by atoms with Crippen molar-refractivity contribution in [3.8, 4) is 22.8 Å². The summed E-state index contributed by atoms with van der Waals surface area (Å²) in [7, 11) is 0. The number of rotatable bonds is 4. The Balaban J connectivity index is 1.35. The number of hydrogen-bond donors (Lipinski definition) is 2. The first-order valence-electron chi connectivity index (χ1n) is 12.1. The van der Waals surface area contributed by atoms with Crippen LogP contribution in [0.3, 0.4) is 0 Å². The highest BCUT2D eigenvalue weighted by Gasteiger charge is 2.47. The summed E-state index contributed by atoms with van der Waals surface area (Å²) < 4.78 is 15.4. The normalized spacial score (nSPS) is 18.7. The second kappa shape index (κ2) is 7.67. The molecule has 1 amide bonds. The largest absolute Gasteiger partial charge is 0.383 e. The van der Waals surface area contributed by atoms with E-state index in [4.69, 9.17) is 10.7 Å². The van der Waals surface area contributed by atoms with Crippen molar-refractivity contribution in [2.24, 2.45) is 0 Å². The fourth-order valence-electron chi connectivity index (χ4n) is 5.14. The first-order valence-corrected chi connectivity index (χ1v) is 12.1. The average Bonchev–Trinajstić information content (AvgIpc) is 3.58. The van der Waals surface area contributed by atoms with E-state index in [1.165, 1.54) is 30.5 Å². The van der Waals surface area contributed by atoms with E-state index in [0.717, 1.165) is 5.56 Å². The number of amides is 1. The molecule has 0 bridgehead atoms. The van der Waals surface area contributed by atoms with Gasteiger partial charge in [0.2, 0.25) is 5.91 Å². The summed E-state index contributed by atoms with van der Waals surface area (Å²) in [5.41, 5.74) is 10.5. The number of nitrogen functional groups attached to an aromatic ring is 1. The van der Waals surface area contributed by atoms with E-state index in [9.17, 15) is 9.18 Å². The molecule has 3 N–H and O–H groups in total. The van der Waals surface area contributed by atoms with Gasteiger partial charge in [0, 0.05) is 24.2 Å². The number of aromatic nitrogens is 5. The molecule has 0 saturated heterocycles. The molecule has 1 saturated carbocycles. The molecule has 1 atom stereocenters. The molecule has 37 heavy (non-hydrogen) atoms. The Bertz CT molecular complexity index is 1710. The highest BCUT2D eigenvalue weighted by Crippen LogP contribution is 2.45. The van der Waals surface area contributed by atoms with Crippen LogP contribution in [0.4, 0.5) is 16.0 Å².